The average molecular weight is 392 g/mol. The van der Waals surface area contributed by atoms with Crippen LogP contribution in [-0.4, -0.2) is 20.4 Å². The van der Waals surface area contributed by atoms with Crippen LogP contribution in [0.15, 0.2) is 47.4 Å². The highest BCUT2D eigenvalue weighted by atomic mass is 32.2. The number of amides is 1. The first kappa shape index (κ1) is 21.1. The van der Waals surface area contributed by atoms with Crippen molar-refractivity contribution >= 4 is 21.6 Å². The topological polar surface area (TPSA) is 75.3 Å². The van der Waals surface area contributed by atoms with E-state index < -0.39 is 27.8 Å². The number of hydrogen-bond acceptors (Lipinski definition) is 3. The Morgan fingerprint density at radius 1 is 1.11 bits per heavy atom. The zero-order valence-corrected chi connectivity index (χ0v) is 16.7. The molecule has 0 aliphatic heterocycles. The summed E-state index contributed by atoms with van der Waals surface area (Å²) in [5.41, 5.74) is 1.56. The predicted octanol–water partition coefficient (Wildman–Crippen LogP) is 3.77. The first-order valence-electron chi connectivity index (χ1n) is 8.80. The van der Waals surface area contributed by atoms with Crippen LogP contribution in [0.5, 0.6) is 0 Å². The number of rotatable bonds is 7. The second-order valence-corrected chi connectivity index (χ2v) is 8.41. The smallest absolute Gasteiger partial charge is 0.242 e. The molecule has 0 saturated carbocycles. The molecule has 2 rings (SSSR count). The van der Waals surface area contributed by atoms with Gasteiger partial charge in [-0.05, 0) is 44.0 Å². The summed E-state index contributed by atoms with van der Waals surface area (Å²) in [6, 6.07) is 9.79. The number of benzene rings is 2. The number of hydrogen-bond donors (Lipinski definition) is 2. The Morgan fingerprint density at radius 2 is 1.74 bits per heavy atom. The van der Waals surface area contributed by atoms with Crippen LogP contribution in [0.3, 0.4) is 0 Å². The fourth-order valence-corrected chi connectivity index (χ4v) is 3.87. The lowest BCUT2D eigenvalue weighted by Gasteiger charge is -2.24. The SMILES string of the molecule is CC[C@H](C)[C@H](NS(=O)(=O)c1ccc(C)cc1)C(=O)Nc1cccc(F)c1C. The van der Waals surface area contributed by atoms with Crippen LogP contribution in [-0.2, 0) is 14.8 Å². The van der Waals surface area contributed by atoms with E-state index in [1.165, 1.54) is 24.3 Å². The van der Waals surface area contributed by atoms with Gasteiger partial charge in [-0.25, -0.2) is 12.8 Å². The summed E-state index contributed by atoms with van der Waals surface area (Å²) in [6.07, 6.45) is 0.594. The van der Waals surface area contributed by atoms with Crippen molar-refractivity contribution in [3.8, 4) is 0 Å². The van der Waals surface area contributed by atoms with E-state index in [2.05, 4.69) is 10.0 Å². The zero-order valence-electron chi connectivity index (χ0n) is 15.9. The van der Waals surface area contributed by atoms with Gasteiger partial charge in [0.1, 0.15) is 11.9 Å². The molecular formula is C20H25FN2O3S. The maximum absolute atomic E-state index is 13.7. The van der Waals surface area contributed by atoms with Crippen molar-refractivity contribution in [1.29, 1.82) is 0 Å². The van der Waals surface area contributed by atoms with E-state index in [4.69, 9.17) is 0 Å². The third kappa shape index (κ3) is 5.14. The van der Waals surface area contributed by atoms with E-state index in [0.29, 0.717) is 17.7 Å². The van der Waals surface area contributed by atoms with Crippen molar-refractivity contribution in [3.05, 3.63) is 59.4 Å². The van der Waals surface area contributed by atoms with Gasteiger partial charge in [0.2, 0.25) is 15.9 Å². The molecule has 0 aliphatic carbocycles. The first-order valence-corrected chi connectivity index (χ1v) is 10.3. The van der Waals surface area contributed by atoms with E-state index in [9.17, 15) is 17.6 Å². The number of sulfonamides is 1. The highest BCUT2D eigenvalue weighted by molar-refractivity contribution is 7.89. The molecular weight excluding hydrogens is 367 g/mol. The molecule has 5 nitrogen and oxygen atoms in total. The van der Waals surface area contributed by atoms with Gasteiger partial charge in [-0.3, -0.25) is 4.79 Å². The van der Waals surface area contributed by atoms with Crippen LogP contribution in [0, 0.1) is 25.6 Å². The van der Waals surface area contributed by atoms with E-state index in [-0.39, 0.29) is 10.8 Å². The molecule has 0 aromatic heterocycles. The van der Waals surface area contributed by atoms with Crippen molar-refractivity contribution in [3.63, 3.8) is 0 Å². The minimum atomic E-state index is -3.87. The molecule has 2 atom stereocenters. The molecule has 0 bridgehead atoms. The summed E-state index contributed by atoms with van der Waals surface area (Å²) in [5, 5.41) is 2.64. The standard InChI is InChI=1S/C20H25FN2O3S/c1-5-14(3)19(20(24)22-18-8-6-7-17(21)15(18)4)23-27(25,26)16-11-9-13(2)10-12-16/h6-12,14,19,23H,5H2,1-4H3,(H,22,24)/t14-,19-/m0/s1. The molecule has 0 radical (unpaired) electrons. The largest absolute Gasteiger partial charge is 0.324 e. The molecule has 0 unspecified atom stereocenters. The molecule has 1 amide bonds. The average Bonchev–Trinajstić information content (AvgIpc) is 2.63. The van der Waals surface area contributed by atoms with E-state index >= 15 is 0 Å². The van der Waals surface area contributed by atoms with Crippen LogP contribution in [0.4, 0.5) is 10.1 Å². The van der Waals surface area contributed by atoms with Gasteiger partial charge in [0.05, 0.1) is 4.90 Å². The zero-order chi connectivity index (χ0) is 20.2. The lowest BCUT2D eigenvalue weighted by molar-refractivity contribution is -0.118. The summed E-state index contributed by atoms with van der Waals surface area (Å²) in [6.45, 7) is 7.08. The third-order valence-corrected chi connectivity index (χ3v) is 6.09. The number of carbonyl (C=O) groups is 1. The summed E-state index contributed by atoms with van der Waals surface area (Å²) in [5.74, 6) is -1.21. The molecule has 2 N–H and O–H groups in total. The number of halogens is 1. The van der Waals surface area contributed by atoms with Crippen molar-refractivity contribution in [2.45, 2.75) is 45.1 Å². The molecule has 0 spiro atoms. The Morgan fingerprint density at radius 3 is 2.33 bits per heavy atom. The predicted molar refractivity (Wildman–Crippen MR) is 105 cm³/mol. The Hall–Kier alpha value is -2.25. The van der Waals surface area contributed by atoms with Gasteiger partial charge in [-0.2, -0.15) is 4.72 Å². The summed E-state index contributed by atoms with van der Waals surface area (Å²) < 4.78 is 41.6. The lowest BCUT2D eigenvalue weighted by Crippen LogP contribution is -2.47. The minimum absolute atomic E-state index is 0.0936. The van der Waals surface area contributed by atoms with Gasteiger partial charge in [0.25, 0.3) is 0 Å². The normalized spacial score (nSPS) is 13.8. The van der Waals surface area contributed by atoms with Gasteiger partial charge in [0.15, 0.2) is 0 Å². The third-order valence-electron chi connectivity index (χ3n) is 4.63. The first-order chi connectivity index (χ1) is 12.7. The maximum Gasteiger partial charge on any atom is 0.242 e. The van der Waals surface area contributed by atoms with Crippen molar-refractivity contribution in [1.82, 2.24) is 4.72 Å². The van der Waals surface area contributed by atoms with Gasteiger partial charge in [0, 0.05) is 11.3 Å². The molecule has 0 heterocycles. The molecule has 146 valence electrons. The van der Waals surface area contributed by atoms with Crippen LogP contribution >= 0.6 is 0 Å². The van der Waals surface area contributed by atoms with Crippen LogP contribution in [0.1, 0.15) is 31.4 Å². The Bertz CT molecular complexity index is 911. The molecule has 2 aromatic rings. The van der Waals surface area contributed by atoms with Crippen LogP contribution in [0.2, 0.25) is 0 Å². The number of aryl methyl sites for hydroxylation is 1. The monoisotopic (exact) mass is 392 g/mol. The fourth-order valence-electron chi connectivity index (χ4n) is 2.57. The Balaban J connectivity index is 2.28. The fraction of sp³-hybridized carbons (Fsp3) is 0.350. The Labute approximate surface area is 160 Å². The lowest BCUT2D eigenvalue weighted by atomic mass is 9.99. The van der Waals surface area contributed by atoms with Gasteiger partial charge in [-0.15, -0.1) is 0 Å². The maximum atomic E-state index is 13.7. The number of carbonyl (C=O) groups excluding carboxylic acids is 1. The van der Waals surface area contributed by atoms with Crippen LogP contribution < -0.4 is 10.0 Å². The van der Waals surface area contributed by atoms with E-state index in [1.807, 2.05) is 13.8 Å². The molecule has 2 aromatic carbocycles. The quantitative estimate of drug-likeness (QED) is 0.753. The minimum Gasteiger partial charge on any atom is -0.324 e. The van der Waals surface area contributed by atoms with Crippen LogP contribution in [0.25, 0.3) is 0 Å². The highest BCUT2D eigenvalue weighted by Crippen LogP contribution is 2.20. The van der Waals surface area contributed by atoms with Gasteiger partial charge < -0.3 is 5.32 Å². The molecule has 0 saturated heterocycles. The van der Waals surface area contributed by atoms with E-state index in [0.717, 1.165) is 5.56 Å². The summed E-state index contributed by atoms with van der Waals surface area (Å²) in [7, 11) is -3.87. The van der Waals surface area contributed by atoms with Gasteiger partial charge in [-0.1, -0.05) is 44.0 Å². The molecule has 7 heteroatoms. The van der Waals surface area contributed by atoms with Crippen molar-refractivity contribution < 1.29 is 17.6 Å². The highest BCUT2D eigenvalue weighted by Gasteiger charge is 2.30. The number of anilines is 1. The Kier molecular flexibility index (Phi) is 6.73. The van der Waals surface area contributed by atoms with E-state index in [1.54, 1.807) is 32.0 Å². The second-order valence-electron chi connectivity index (χ2n) is 6.70. The molecule has 0 fully saturated rings. The molecule has 0 aliphatic rings. The van der Waals surface area contributed by atoms with Crippen molar-refractivity contribution in [2.24, 2.45) is 5.92 Å². The summed E-state index contributed by atoms with van der Waals surface area (Å²) in [4.78, 5) is 12.9. The van der Waals surface area contributed by atoms with Crippen molar-refractivity contribution in [2.75, 3.05) is 5.32 Å². The summed E-state index contributed by atoms with van der Waals surface area (Å²) >= 11 is 0. The number of nitrogens with one attached hydrogen (secondary N) is 2. The molecule has 27 heavy (non-hydrogen) atoms. The second kappa shape index (κ2) is 8.63. The van der Waals surface area contributed by atoms with Gasteiger partial charge >= 0.3 is 0 Å².